The molecule has 2 aromatic rings. The molecule has 0 radical (unpaired) electrons. The van der Waals surface area contributed by atoms with E-state index in [4.69, 9.17) is 9.47 Å². The normalized spacial score (nSPS) is 17.1. The van der Waals surface area contributed by atoms with Gasteiger partial charge in [0, 0.05) is 23.6 Å². The number of carbonyl (C=O) groups is 1. The first-order chi connectivity index (χ1) is 11.3. The van der Waals surface area contributed by atoms with Crippen molar-refractivity contribution in [2.45, 2.75) is 25.4 Å². The van der Waals surface area contributed by atoms with Gasteiger partial charge in [0.05, 0.1) is 6.10 Å². The van der Waals surface area contributed by atoms with E-state index in [1.165, 1.54) is 4.88 Å². The molecule has 1 aliphatic heterocycles. The van der Waals surface area contributed by atoms with Crippen LogP contribution >= 0.6 is 11.3 Å². The van der Waals surface area contributed by atoms with E-state index >= 15 is 0 Å². The molecule has 0 spiro atoms. The molecule has 1 aliphatic rings. The zero-order valence-electron chi connectivity index (χ0n) is 13.0. The third-order valence-corrected chi connectivity index (χ3v) is 4.75. The van der Waals surface area contributed by atoms with Crippen LogP contribution < -0.4 is 10.1 Å². The molecule has 0 saturated carbocycles. The number of rotatable bonds is 7. The Bertz CT molecular complexity index is 604. The maximum atomic E-state index is 12.1. The van der Waals surface area contributed by atoms with Crippen LogP contribution in [0.4, 0.5) is 0 Å². The lowest BCUT2D eigenvalue weighted by atomic mass is 10.2. The summed E-state index contributed by atoms with van der Waals surface area (Å²) in [5, 5.41) is 4.99. The molecule has 23 heavy (non-hydrogen) atoms. The molecule has 1 unspecified atom stereocenters. The Morgan fingerprint density at radius 2 is 2.17 bits per heavy atom. The molecule has 4 nitrogen and oxygen atoms in total. The Morgan fingerprint density at radius 3 is 2.87 bits per heavy atom. The summed E-state index contributed by atoms with van der Waals surface area (Å²) in [6.07, 6.45) is 3.24. The SMILES string of the molecule is O=C(NCCc1cccs1)c1ccc(OCC2CCCO2)cc1. The first-order valence-electron chi connectivity index (χ1n) is 7.96. The van der Waals surface area contributed by atoms with Gasteiger partial charge in [0.15, 0.2) is 0 Å². The van der Waals surface area contributed by atoms with Gasteiger partial charge in [0.1, 0.15) is 12.4 Å². The van der Waals surface area contributed by atoms with Gasteiger partial charge in [-0.3, -0.25) is 4.79 Å². The van der Waals surface area contributed by atoms with E-state index in [-0.39, 0.29) is 12.0 Å². The van der Waals surface area contributed by atoms with Crippen LogP contribution in [0.2, 0.25) is 0 Å². The van der Waals surface area contributed by atoms with Gasteiger partial charge < -0.3 is 14.8 Å². The van der Waals surface area contributed by atoms with Crippen LogP contribution in [0.15, 0.2) is 41.8 Å². The van der Waals surface area contributed by atoms with Gasteiger partial charge in [-0.2, -0.15) is 0 Å². The predicted molar refractivity (Wildman–Crippen MR) is 91.3 cm³/mol. The highest BCUT2D eigenvalue weighted by molar-refractivity contribution is 7.09. The van der Waals surface area contributed by atoms with E-state index in [0.717, 1.165) is 31.6 Å². The number of benzene rings is 1. The van der Waals surface area contributed by atoms with Crippen molar-refractivity contribution in [2.24, 2.45) is 0 Å². The average Bonchev–Trinajstić information content (AvgIpc) is 3.27. The van der Waals surface area contributed by atoms with Crippen molar-refractivity contribution in [3.63, 3.8) is 0 Å². The highest BCUT2D eigenvalue weighted by atomic mass is 32.1. The molecule has 1 amide bonds. The highest BCUT2D eigenvalue weighted by Crippen LogP contribution is 2.16. The zero-order valence-corrected chi connectivity index (χ0v) is 13.8. The summed E-state index contributed by atoms with van der Waals surface area (Å²) in [6, 6.07) is 11.4. The molecule has 5 heteroatoms. The van der Waals surface area contributed by atoms with Gasteiger partial charge in [-0.1, -0.05) is 6.07 Å². The van der Waals surface area contributed by atoms with Crippen LogP contribution in [0.1, 0.15) is 28.1 Å². The lowest BCUT2D eigenvalue weighted by Crippen LogP contribution is -2.25. The van der Waals surface area contributed by atoms with E-state index in [9.17, 15) is 4.79 Å². The van der Waals surface area contributed by atoms with Crippen molar-refractivity contribution in [3.05, 3.63) is 52.2 Å². The van der Waals surface area contributed by atoms with Gasteiger partial charge in [0.25, 0.3) is 5.91 Å². The topological polar surface area (TPSA) is 47.6 Å². The molecule has 1 fully saturated rings. The fourth-order valence-corrected chi connectivity index (χ4v) is 3.23. The Kier molecular flexibility index (Phi) is 5.66. The standard InChI is InChI=1S/C18H21NO3S/c20-18(19-10-9-17-4-2-12-23-17)14-5-7-15(8-6-14)22-13-16-3-1-11-21-16/h2,4-8,12,16H,1,3,9-11,13H2,(H,19,20). The second kappa shape index (κ2) is 8.13. The van der Waals surface area contributed by atoms with Crippen LogP contribution in [-0.2, 0) is 11.2 Å². The fourth-order valence-electron chi connectivity index (χ4n) is 2.52. The molecule has 1 N–H and O–H groups in total. The van der Waals surface area contributed by atoms with Crippen molar-refractivity contribution in [3.8, 4) is 5.75 Å². The summed E-state index contributed by atoms with van der Waals surface area (Å²) in [6.45, 7) is 2.06. The first kappa shape index (κ1) is 16.0. The Balaban J connectivity index is 1.43. The Labute approximate surface area is 140 Å². The van der Waals surface area contributed by atoms with Crippen LogP contribution in [0.25, 0.3) is 0 Å². The van der Waals surface area contributed by atoms with Crippen molar-refractivity contribution < 1.29 is 14.3 Å². The van der Waals surface area contributed by atoms with Crippen molar-refractivity contribution in [1.29, 1.82) is 0 Å². The summed E-state index contributed by atoms with van der Waals surface area (Å²) < 4.78 is 11.2. The lowest BCUT2D eigenvalue weighted by molar-refractivity contribution is 0.0679. The minimum Gasteiger partial charge on any atom is -0.491 e. The summed E-state index contributed by atoms with van der Waals surface area (Å²) in [7, 11) is 0. The average molecular weight is 331 g/mol. The molecule has 3 rings (SSSR count). The number of hydrogen-bond acceptors (Lipinski definition) is 4. The van der Waals surface area contributed by atoms with Crippen molar-refractivity contribution >= 4 is 17.2 Å². The molecular formula is C18H21NO3S. The molecule has 1 saturated heterocycles. The van der Waals surface area contributed by atoms with Gasteiger partial charge >= 0.3 is 0 Å². The van der Waals surface area contributed by atoms with Crippen LogP contribution in [-0.4, -0.2) is 31.8 Å². The molecule has 1 atom stereocenters. The third kappa shape index (κ3) is 4.81. The monoisotopic (exact) mass is 331 g/mol. The minimum atomic E-state index is -0.0489. The van der Waals surface area contributed by atoms with Crippen LogP contribution in [0.3, 0.4) is 0 Å². The molecule has 0 bridgehead atoms. The number of ether oxygens (including phenoxy) is 2. The van der Waals surface area contributed by atoms with E-state index in [1.807, 2.05) is 23.6 Å². The van der Waals surface area contributed by atoms with Gasteiger partial charge in [-0.05, 0) is 55.0 Å². The maximum Gasteiger partial charge on any atom is 0.251 e. The number of carbonyl (C=O) groups excluding carboxylic acids is 1. The Hall–Kier alpha value is -1.85. The van der Waals surface area contributed by atoms with E-state index < -0.39 is 0 Å². The number of amides is 1. The number of nitrogens with one attached hydrogen (secondary N) is 1. The quantitative estimate of drug-likeness (QED) is 0.847. The second-order valence-corrected chi connectivity index (χ2v) is 6.59. The largest absolute Gasteiger partial charge is 0.491 e. The maximum absolute atomic E-state index is 12.1. The highest BCUT2D eigenvalue weighted by Gasteiger charge is 2.16. The van der Waals surface area contributed by atoms with E-state index in [1.54, 1.807) is 23.5 Å². The molecule has 1 aromatic heterocycles. The van der Waals surface area contributed by atoms with Gasteiger partial charge in [-0.15, -0.1) is 11.3 Å². The molecule has 0 aliphatic carbocycles. The number of thiophene rings is 1. The summed E-state index contributed by atoms with van der Waals surface area (Å²) in [5.74, 6) is 0.725. The third-order valence-electron chi connectivity index (χ3n) is 3.81. The minimum absolute atomic E-state index is 0.0489. The lowest BCUT2D eigenvalue weighted by Gasteiger charge is -2.11. The second-order valence-electron chi connectivity index (χ2n) is 5.56. The predicted octanol–water partition coefficient (Wildman–Crippen LogP) is 3.28. The van der Waals surface area contributed by atoms with Crippen LogP contribution in [0, 0.1) is 0 Å². The molecule has 2 heterocycles. The van der Waals surface area contributed by atoms with Crippen LogP contribution in [0.5, 0.6) is 5.75 Å². The van der Waals surface area contributed by atoms with E-state index in [0.29, 0.717) is 18.7 Å². The Morgan fingerprint density at radius 1 is 1.30 bits per heavy atom. The summed E-state index contributed by atoms with van der Waals surface area (Å²) in [4.78, 5) is 13.4. The summed E-state index contributed by atoms with van der Waals surface area (Å²) >= 11 is 1.71. The molecule has 122 valence electrons. The van der Waals surface area contributed by atoms with Gasteiger partial charge in [0.2, 0.25) is 0 Å². The zero-order chi connectivity index (χ0) is 15.9. The van der Waals surface area contributed by atoms with Crippen molar-refractivity contribution in [1.82, 2.24) is 5.32 Å². The smallest absolute Gasteiger partial charge is 0.251 e. The van der Waals surface area contributed by atoms with Crippen molar-refractivity contribution in [2.75, 3.05) is 19.8 Å². The first-order valence-corrected chi connectivity index (χ1v) is 8.84. The molecular weight excluding hydrogens is 310 g/mol. The van der Waals surface area contributed by atoms with Gasteiger partial charge in [-0.25, -0.2) is 0 Å². The summed E-state index contributed by atoms with van der Waals surface area (Å²) in [5.41, 5.74) is 0.653. The number of hydrogen-bond donors (Lipinski definition) is 1. The van der Waals surface area contributed by atoms with E-state index in [2.05, 4.69) is 11.4 Å². The fraction of sp³-hybridized carbons (Fsp3) is 0.389. The molecule has 1 aromatic carbocycles.